The van der Waals surface area contributed by atoms with Gasteiger partial charge in [0.1, 0.15) is 23.8 Å². The number of ether oxygens (including phenoxy) is 3. The van der Waals surface area contributed by atoms with Gasteiger partial charge < -0.3 is 19.1 Å². The largest absolute Gasteiger partial charge is 0.497 e. The fraction of sp³-hybridized carbons (Fsp3) is 0.333. The van der Waals surface area contributed by atoms with Crippen molar-refractivity contribution in [3.63, 3.8) is 0 Å². The number of carbonyl (C=O) groups excluding carboxylic acids is 3. The molecule has 33 heavy (non-hydrogen) atoms. The number of hydrazone groups is 1. The van der Waals surface area contributed by atoms with Gasteiger partial charge in [0.15, 0.2) is 0 Å². The topological polar surface area (TPSA) is 97.7 Å². The van der Waals surface area contributed by atoms with Crippen LogP contribution in [0, 0.1) is 0 Å². The van der Waals surface area contributed by atoms with Gasteiger partial charge in [0, 0.05) is 25.5 Å². The molecule has 174 valence electrons. The number of nitrogens with zero attached hydrogens (tertiary/aromatic N) is 3. The molecule has 0 spiro atoms. The lowest BCUT2D eigenvalue weighted by Crippen LogP contribution is -2.43. The highest BCUT2D eigenvalue weighted by Gasteiger charge is 2.29. The first-order valence-electron chi connectivity index (χ1n) is 10.4. The molecule has 3 rings (SSSR count). The Morgan fingerprint density at radius 3 is 2.24 bits per heavy atom. The van der Waals surface area contributed by atoms with Crippen LogP contribution in [0.5, 0.6) is 11.5 Å². The van der Waals surface area contributed by atoms with Crippen molar-refractivity contribution in [1.82, 2.24) is 9.91 Å². The van der Waals surface area contributed by atoms with Crippen molar-refractivity contribution in [3.05, 3.63) is 59.7 Å². The van der Waals surface area contributed by atoms with Crippen LogP contribution >= 0.6 is 0 Å². The van der Waals surface area contributed by atoms with Crippen LogP contribution in [0.1, 0.15) is 24.0 Å². The van der Waals surface area contributed by atoms with E-state index in [1.165, 1.54) is 31.2 Å². The molecule has 0 saturated carbocycles. The Hall–Kier alpha value is -3.88. The molecule has 0 fully saturated rings. The molecular formula is C24H27N3O6. The molecule has 0 bridgehead atoms. The van der Waals surface area contributed by atoms with Crippen LogP contribution in [-0.2, 0) is 32.2 Å². The SMILES string of the molecule is COC(=O)CN(Cc1cc(OC)cc(OC)c1)C(=O)C1=NN(Cc2ccccc2)C(=O)CC1. The summed E-state index contributed by atoms with van der Waals surface area (Å²) in [5, 5.41) is 5.63. The lowest BCUT2D eigenvalue weighted by atomic mass is 10.1. The first kappa shape index (κ1) is 23.8. The van der Waals surface area contributed by atoms with E-state index >= 15 is 0 Å². The van der Waals surface area contributed by atoms with Crippen molar-refractivity contribution in [2.45, 2.75) is 25.9 Å². The third-order valence-electron chi connectivity index (χ3n) is 5.15. The fourth-order valence-corrected chi connectivity index (χ4v) is 3.42. The van der Waals surface area contributed by atoms with Crippen molar-refractivity contribution in [2.24, 2.45) is 5.10 Å². The maximum atomic E-state index is 13.4. The van der Waals surface area contributed by atoms with Crippen LogP contribution in [0.3, 0.4) is 0 Å². The minimum absolute atomic E-state index is 0.104. The van der Waals surface area contributed by atoms with E-state index in [0.29, 0.717) is 17.1 Å². The van der Waals surface area contributed by atoms with Crippen molar-refractivity contribution in [2.75, 3.05) is 27.9 Å². The molecule has 9 nitrogen and oxygen atoms in total. The van der Waals surface area contributed by atoms with E-state index < -0.39 is 11.9 Å². The lowest BCUT2D eigenvalue weighted by Gasteiger charge is -2.27. The predicted octanol–water partition coefficient (Wildman–Crippen LogP) is 2.38. The number of benzene rings is 2. The lowest BCUT2D eigenvalue weighted by molar-refractivity contribution is -0.145. The van der Waals surface area contributed by atoms with Crippen molar-refractivity contribution in [1.29, 1.82) is 0 Å². The van der Waals surface area contributed by atoms with Gasteiger partial charge >= 0.3 is 5.97 Å². The summed E-state index contributed by atoms with van der Waals surface area (Å²) in [5.41, 5.74) is 1.82. The number of esters is 1. The number of methoxy groups -OCH3 is 3. The van der Waals surface area contributed by atoms with E-state index in [-0.39, 0.29) is 44.1 Å². The summed E-state index contributed by atoms with van der Waals surface area (Å²) < 4.78 is 15.4. The Kier molecular flexibility index (Phi) is 8.01. The third-order valence-corrected chi connectivity index (χ3v) is 5.15. The summed E-state index contributed by atoms with van der Waals surface area (Å²) >= 11 is 0. The maximum Gasteiger partial charge on any atom is 0.325 e. The van der Waals surface area contributed by atoms with Gasteiger partial charge in [0.25, 0.3) is 5.91 Å². The Morgan fingerprint density at radius 2 is 1.64 bits per heavy atom. The molecule has 2 aromatic carbocycles. The van der Waals surface area contributed by atoms with E-state index in [4.69, 9.17) is 14.2 Å². The van der Waals surface area contributed by atoms with Crippen LogP contribution in [0.4, 0.5) is 0 Å². The number of rotatable bonds is 9. The summed E-state index contributed by atoms with van der Waals surface area (Å²) in [4.78, 5) is 39.1. The molecule has 9 heteroatoms. The second-order valence-electron chi connectivity index (χ2n) is 7.44. The standard InChI is InChI=1S/C24H27N3O6/c1-31-19-11-18(12-20(13-19)32-2)14-26(16-23(29)33-3)24(30)21-9-10-22(28)27(25-21)15-17-7-5-4-6-8-17/h4-8,11-13H,9-10,14-16H2,1-3H3. The number of hydrogen-bond donors (Lipinski definition) is 0. The summed E-state index contributed by atoms with van der Waals surface area (Å²) in [7, 11) is 4.33. The number of carbonyl (C=O) groups is 3. The van der Waals surface area contributed by atoms with Gasteiger partial charge in [-0.3, -0.25) is 14.4 Å². The summed E-state index contributed by atoms with van der Waals surface area (Å²) in [6.45, 7) is 0.105. The van der Waals surface area contributed by atoms with Crippen molar-refractivity contribution >= 4 is 23.5 Å². The average Bonchev–Trinajstić information content (AvgIpc) is 2.84. The molecule has 1 aliphatic rings. The summed E-state index contributed by atoms with van der Waals surface area (Å²) in [6.07, 6.45) is 0.360. The second-order valence-corrected chi connectivity index (χ2v) is 7.44. The normalized spacial score (nSPS) is 13.2. The van der Waals surface area contributed by atoms with Gasteiger partial charge in [-0.2, -0.15) is 5.10 Å². The molecule has 0 atom stereocenters. The zero-order valence-corrected chi connectivity index (χ0v) is 18.9. The Morgan fingerprint density at radius 1 is 0.970 bits per heavy atom. The van der Waals surface area contributed by atoms with Gasteiger partial charge in [0.2, 0.25) is 5.91 Å². The van der Waals surface area contributed by atoms with Gasteiger partial charge in [-0.25, -0.2) is 5.01 Å². The molecule has 2 amide bonds. The maximum absolute atomic E-state index is 13.4. The zero-order valence-electron chi connectivity index (χ0n) is 18.9. The molecule has 0 unspecified atom stereocenters. The second kappa shape index (κ2) is 11.1. The van der Waals surface area contributed by atoms with E-state index in [2.05, 4.69) is 5.10 Å². The number of amides is 2. The van der Waals surface area contributed by atoms with Crippen LogP contribution in [-0.4, -0.2) is 61.3 Å². The first-order valence-corrected chi connectivity index (χ1v) is 10.4. The Bertz CT molecular complexity index is 1020. The highest BCUT2D eigenvalue weighted by atomic mass is 16.5. The van der Waals surface area contributed by atoms with Crippen LogP contribution < -0.4 is 9.47 Å². The van der Waals surface area contributed by atoms with Gasteiger partial charge in [-0.05, 0) is 23.3 Å². The minimum atomic E-state index is -0.563. The van der Waals surface area contributed by atoms with Gasteiger partial charge in [-0.1, -0.05) is 30.3 Å². The van der Waals surface area contributed by atoms with Crippen molar-refractivity contribution < 1.29 is 28.6 Å². The van der Waals surface area contributed by atoms with E-state index in [1.807, 2.05) is 30.3 Å². The van der Waals surface area contributed by atoms with E-state index in [0.717, 1.165) is 5.56 Å². The fourth-order valence-electron chi connectivity index (χ4n) is 3.42. The summed E-state index contributed by atoms with van der Waals surface area (Å²) in [5.74, 6) is -0.0408. The quantitative estimate of drug-likeness (QED) is 0.541. The van der Waals surface area contributed by atoms with Crippen LogP contribution in [0.15, 0.2) is 53.6 Å². The van der Waals surface area contributed by atoms with Gasteiger partial charge in [-0.15, -0.1) is 0 Å². The molecule has 0 aromatic heterocycles. The van der Waals surface area contributed by atoms with Crippen LogP contribution in [0.2, 0.25) is 0 Å². The third kappa shape index (κ3) is 6.31. The Balaban J connectivity index is 1.85. The molecule has 0 N–H and O–H groups in total. The van der Waals surface area contributed by atoms with Crippen molar-refractivity contribution in [3.8, 4) is 11.5 Å². The Labute approximate surface area is 192 Å². The molecule has 1 aliphatic heterocycles. The molecule has 0 radical (unpaired) electrons. The molecule has 1 heterocycles. The zero-order chi connectivity index (χ0) is 23.8. The molecular weight excluding hydrogens is 426 g/mol. The van der Waals surface area contributed by atoms with Gasteiger partial charge in [0.05, 0.1) is 27.9 Å². The molecule has 0 saturated heterocycles. The average molecular weight is 453 g/mol. The predicted molar refractivity (Wildman–Crippen MR) is 121 cm³/mol. The van der Waals surface area contributed by atoms with Crippen LogP contribution in [0.25, 0.3) is 0 Å². The minimum Gasteiger partial charge on any atom is -0.497 e. The molecule has 0 aliphatic carbocycles. The number of hydrogen-bond acceptors (Lipinski definition) is 7. The monoisotopic (exact) mass is 453 g/mol. The smallest absolute Gasteiger partial charge is 0.325 e. The highest BCUT2D eigenvalue weighted by molar-refractivity contribution is 6.39. The van der Waals surface area contributed by atoms with E-state index in [1.54, 1.807) is 18.2 Å². The first-order chi connectivity index (χ1) is 15.9. The molecule has 2 aromatic rings. The summed E-state index contributed by atoms with van der Waals surface area (Å²) in [6, 6.07) is 14.6. The highest BCUT2D eigenvalue weighted by Crippen LogP contribution is 2.24. The van der Waals surface area contributed by atoms with E-state index in [9.17, 15) is 14.4 Å².